The van der Waals surface area contributed by atoms with E-state index in [2.05, 4.69) is 93.7 Å². The van der Waals surface area contributed by atoms with Gasteiger partial charge in [-0.2, -0.15) is 0 Å². The average molecular weight is 487 g/mol. The minimum Gasteiger partial charge on any atom is -0.449 e. The summed E-state index contributed by atoms with van der Waals surface area (Å²) in [5.74, 6) is 0. The Morgan fingerprint density at radius 3 is 1.39 bits per heavy atom. The van der Waals surface area contributed by atoms with Crippen LogP contribution in [0.3, 0.4) is 0 Å². The summed E-state index contributed by atoms with van der Waals surface area (Å²) in [5, 5.41) is 7.51. The van der Waals surface area contributed by atoms with E-state index in [1.807, 2.05) is 24.3 Å². The highest BCUT2D eigenvalue weighted by atomic mass is 16.4. The van der Waals surface area contributed by atoms with Crippen LogP contribution in [0.4, 0.5) is 0 Å². The highest BCUT2D eigenvalue weighted by Gasteiger charge is 2.22. The number of fused-ring (bicyclic) bond motifs is 11. The topological polar surface area (TPSA) is 35.1 Å². The monoisotopic (exact) mass is 486 g/mol. The first kappa shape index (κ1) is 19.0. The number of hydrogen-bond acceptors (Lipinski definition) is 2. The van der Waals surface area contributed by atoms with E-state index in [1.54, 1.807) is 0 Å². The predicted molar refractivity (Wildman–Crippen MR) is 155 cm³/mol. The van der Waals surface area contributed by atoms with Crippen LogP contribution in [0.15, 0.2) is 118 Å². The van der Waals surface area contributed by atoms with E-state index >= 15 is 0 Å². The fourth-order valence-electron chi connectivity index (χ4n) is 6.73. The molecule has 0 saturated heterocycles. The van der Waals surface area contributed by atoms with E-state index < -0.39 is 0 Å². The van der Waals surface area contributed by atoms with Gasteiger partial charge in [0.25, 0.3) is 0 Å². The van der Waals surface area contributed by atoms with Crippen molar-refractivity contribution in [2.24, 2.45) is 0 Å². The summed E-state index contributed by atoms with van der Waals surface area (Å²) in [6, 6.07) is 38.6. The fourth-order valence-corrected chi connectivity index (χ4v) is 6.73. The number of nitrogens with zero attached hydrogens (tertiary/aromatic N) is 2. The zero-order valence-corrected chi connectivity index (χ0v) is 20.1. The minimum absolute atomic E-state index is 0.721. The molecule has 0 radical (unpaired) electrons. The first-order valence-electron chi connectivity index (χ1n) is 12.9. The number of benzene rings is 6. The third kappa shape index (κ3) is 2.11. The van der Waals surface area contributed by atoms with Crippen LogP contribution in [0.25, 0.3) is 87.7 Å². The van der Waals surface area contributed by atoms with E-state index in [0.29, 0.717) is 0 Å². The third-order valence-corrected chi connectivity index (χ3v) is 8.26. The minimum atomic E-state index is 0.721. The largest absolute Gasteiger partial charge is 0.449 e. The first-order chi connectivity index (χ1) is 18.8. The van der Waals surface area contributed by atoms with E-state index in [0.717, 1.165) is 33.4 Å². The van der Waals surface area contributed by atoms with Crippen LogP contribution < -0.4 is 0 Å². The van der Waals surface area contributed by atoms with Crippen LogP contribution in [0.5, 0.6) is 0 Å². The number of rotatable bonds is 0. The second-order valence-corrected chi connectivity index (χ2v) is 10.2. The van der Waals surface area contributed by atoms with Crippen LogP contribution in [-0.2, 0) is 0 Å². The molecule has 4 aromatic heterocycles. The Hall–Kier alpha value is -5.22. The molecule has 10 aromatic rings. The quantitative estimate of drug-likeness (QED) is 0.200. The Labute approximate surface area is 214 Å². The third-order valence-electron chi connectivity index (χ3n) is 8.26. The molecule has 0 aliphatic heterocycles. The highest BCUT2D eigenvalue weighted by Crippen LogP contribution is 2.43. The molecular weight excluding hydrogens is 468 g/mol. The molecule has 4 heterocycles. The smallest absolute Gasteiger partial charge is 0.172 e. The van der Waals surface area contributed by atoms with Gasteiger partial charge in [0.15, 0.2) is 22.3 Å². The lowest BCUT2D eigenvalue weighted by atomic mass is 10.0. The molecule has 0 bridgehead atoms. The van der Waals surface area contributed by atoms with Gasteiger partial charge in [0, 0.05) is 39.1 Å². The van der Waals surface area contributed by atoms with Gasteiger partial charge in [-0.3, -0.25) is 0 Å². The van der Waals surface area contributed by atoms with Crippen molar-refractivity contribution < 1.29 is 8.83 Å². The van der Waals surface area contributed by atoms with Gasteiger partial charge in [0.1, 0.15) is 0 Å². The summed E-state index contributed by atoms with van der Waals surface area (Å²) in [6.45, 7) is 0. The van der Waals surface area contributed by atoms with Crippen LogP contribution >= 0.6 is 0 Å². The van der Waals surface area contributed by atoms with Gasteiger partial charge in [-0.05, 0) is 29.7 Å². The van der Waals surface area contributed by atoms with Gasteiger partial charge in [-0.1, -0.05) is 72.8 Å². The lowest BCUT2D eigenvalue weighted by Gasteiger charge is -2.06. The van der Waals surface area contributed by atoms with Gasteiger partial charge in [0.2, 0.25) is 0 Å². The molecule has 10 rings (SSSR count). The molecule has 0 saturated carbocycles. The maximum Gasteiger partial charge on any atom is 0.172 e. The summed E-state index contributed by atoms with van der Waals surface area (Å²) in [5.41, 5.74) is 9.88. The van der Waals surface area contributed by atoms with Gasteiger partial charge in [0.05, 0.1) is 33.1 Å². The standard InChI is InChI=1S/C34H18N2O2/c1-3-9-24-20(7-1)22-15-13-19-14-16-23-21-8-2-4-10-25(21)36-27-18-31-30(37-28-11-5-6-12-29(28)38-31)17-26(27)35(24)33(22)32(19)34(23)36/h1-18H. The summed E-state index contributed by atoms with van der Waals surface area (Å²) in [4.78, 5) is 0. The van der Waals surface area contributed by atoms with Crippen molar-refractivity contribution in [2.45, 2.75) is 0 Å². The van der Waals surface area contributed by atoms with Crippen molar-refractivity contribution in [3.63, 3.8) is 0 Å². The lowest BCUT2D eigenvalue weighted by molar-refractivity contribution is 0.582. The van der Waals surface area contributed by atoms with Crippen molar-refractivity contribution in [2.75, 3.05) is 0 Å². The summed E-state index contributed by atoms with van der Waals surface area (Å²) in [6.07, 6.45) is 0. The van der Waals surface area contributed by atoms with Crippen molar-refractivity contribution in [1.29, 1.82) is 0 Å². The van der Waals surface area contributed by atoms with E-state index in [-0.39, 0.29) is 0 Å². The number of hydrogen-bond donors (Lipinski definition) is 0. The molecule has 0 fully saturated rings. The second-order valence-electron chi connectivity index (χ2n) is 10.2. The van der Waals surface area contributed by atoms with Crippen LogP contribution in [-0.4, -0.2) is 8.80 Å². The zero-order chi connectivity index (χ0) is 24.5. The Morgan fingerprint density at radius 2 is 0.868 bits per heavy atom. The van der Waals surface area contributed by atoms with Crippen molar-refractivity contribution in [3.8, 4) is 0 Å². The molecule has 0 unspecified atom stereocenters. The Morgan fingerprint density at radius 1 is 0.395 bits per heavy atom. The second kappa shape index (κ2) is 6.36. The molecule has 0 N–H and O–H groups in total. The first-order valence-corrected chi connectivity index (χ1v) is 12.9. The SMILES string of the molecule is c1ccc2oc3cc4c(cc3oc2c1)n1c2ccccc2c2ccc3ccc5c6ccccc6n4c5c3c21. The van der Waals surface area contributed by atoms with Crippen LogP contribution in [0.2, 0.25) is 0 Å². The van der Waals surface area contributed by atoms with Crippen molar-refractivity contribution in [1.82, 2.24) is 8.80 Å². The Bertz CT molecular complexity index is 2450. The molecule has 4 heteroatoms. The molecule has 6 aromatic carbocycles. The number of para-hydroxylation sites is 4. The number of aromatic nitrogens is 2. The normalized spacial score (nSPS) is 12.7. The maximum absolute atomic E-state index is 6.41. The van der Waals surface area contributed by atoms with E-state index in [4.69, 9.17) is 8.83 Å². The van der Waals surface area contributed by atoms with Crippen LogP contribution in [0.1, 0.15) is 0 Å². The molecular formula is C34H18N2O2. The molecule has 38 heavy (non-hydrogen) atoms. The van der Waals surface area contributed by atoms with Gasteiger partial charge in [-0.15, -0.1) is 0 Å². The Kier molecular flexibility index (Phi) is 3.18. The summed E-state index contributed by atoms with van der Waals surface area (Å²) in [7, 11) is 0. The molecule has 0 aliphatic carbocycles. The molecule has 0 aliphatic rings. The van der Waals surface area contributed by atoms with Gasteiger partial charge >= 0.3 is 0 Å². The van der Waals surface area contributed by atoms with Crippen molar-refractivity contribution >= 4 is 87.7 Å². The molecule has 0 atom stereocenters. The predicted octanol–water partition coefficient (Wildman–Crippen LogP) is 9.45. The Balaban J connectivity index is 1.65. The molecule has 4 nitrogen and oxygen atoms in total. The van der Waals surface area contributed by atoms with Crippen LogP contribution in [0, 0.1) is 0 Å². The van der Waals surface area contributed by atoms with Gasteiger partial charge < -0.3 is 17.6 Å². The van der Waals surface area contributed by atoms with E-state index in [9.17, 15) is 0 Å². The fraction of sp³-hybridized carbons (Fsp3) is 0. The van der Waals surface area contributed by atoms with Crippen molar-refractivity contribution in [3.05, 3.63) is 109 Å². The van der Waals surface area contributed by atoms with Gasteiger partial charge in [-0.25, -0.2) is 0 Å². The average Bonchev–Trinajstić information content (AvgIpc) is 3.44. The highest BCUT2D eigenvalue weighted by molar-refractivity contribution is 6.29. The molecule has 0 amide bonds. The van der Waals surface area contributed by atoms with E-state index in [1.165, 1.54) is 54.4 Å². The molecule has 176 valence electrons. The maximum atomic E-state index is 6.41. The zero-order valence-electron chi connectivity index (χ0n) is 20.1. The lowest BCUT2D eigenvalue weighted by Crippen LogP contribution is -1.89. The summed E-state index contributed by atoms with van der Waals surface area (Å²) >= 11 is 0. The molecule has 0 spiro atoms. The summed E-state index contributed by atoms with van der Waals surface area (Å²) < 4.78 is 17.7.